The minimum Gasteiger partial charge on any atom is -0.398 e. The van der Waals surface area contributed by atoms with E-state index in [1.165, 1.54) is 0 Å². The molecule has 1 aromatic carbocycles. The Labute approximate surface area is 123 Å². The van der Waals surface area contributed by atoms with Crippen LogP contribution >= 0.6 is 0 Å². The zero-order valence-electron chi connectivity index (χ0n) is 12.9. The molecule has 1 aromatic rings. The maximum absolute atomic E-state index is 12.7. The summed E-state index contributed by atoms with van der Waals surface area (Å²) in [6.45, 7) is 8.34. The Morgan fingerprint density at radius 3 is 2.40 bits per heavy atom. The first kappa shape index (κ1) is 17.0. The van der Waals surface area contributed by atoms with Crippen molar-refractivity contribution in [3.05, 3.63) is 23.8 Å². The summed E-state index contributed by atoms with van der Waals surface area (Å²) in [5, 5.41) is 0. The lowest BCUT2D eigenvalue weighted by Crippen LogP contribution is -2.38. The maximum Gasteiger partial charge on any atom is 0.245 e. The van der Waals surface area contributed by atoms with Crippen LogP contribution in [0.4, 0.5) is 5.69 Å². The first-order chi connectivity index (χ1) is 9.30. The van der Waals surface area contributed by atoms with Gasteiger partial charge in [-0.05, 0) is 44.9 Å². The van der Waals surface area contributed by atoms with E-state index in [0.717, 1.165) is 24.8 Å². The summed E-state index contributed by atoms with van der Waals surface area (Å²) in [6.07, 6.45) is 2.97. The van der Waals surface area contributed by atoms with Crippen molar-refractivity contribution in [2.24, 2.45) is 0 Å². The normalized spacial score (nSPS) is 12.3. The molecule has 0 aliphatic rings. The van der Waals surface area contributed by atoms with Gasteiger partial charge in [0.1, 0.15) is 4.90 Å². The van der Waals surface area contributed by atoms with Crippen LogP contribution in [0.1, 0.15) is 45.6 Å². The number of hydrogen-bond acceptors (Lipinski definition) is 3. The van der Waals surface area contributed by atoms with Gasteiger partial charge in [0, 0.05) is 12.6 Å². The highest BCUT2D eigenvalue weighted by molar-refractivity contribution is 7.89. The highest BCUT2D eigenvalue weighted by Crippen LogP contribution is 2.25. The van der Waals surface area contributed by atoms with Crippen molar-refractivity contribution in [3.8, 4) is 0 Å². The summed E-state index contributed by atoms with van der Waals surface area (Å²) < 4.78 is 27.0. The number of nitrogens with two attached hydrogens (primary N) is 1. The molecule has 20 heavy (non-hydrogen) atoms. The molecular formula is C15H26N2O2S. The Hall–Kier alpha value is -1.07. The lowest BCUT2D eigenvalue weighted by Gasteiger charge is -2.26. The molecule has 0 fully saturated rings. The van der Waals surface area contributed by atoms with Crippen molar-refractivity contribution < 1.29 is 8.42 Å². The van der Waals surface area contributed by atoms with Crippen LogP contribution in [0.25, 0.3) is 0 Å². The molecule has 0 atom stereocenters. The van der Waals surface area contributed by atoms with E-state index in [2.05, 4.69) is 6.92 Å². The number of nitrogens with zero attached hydrogens (tertiary/aromatic N) is 1. The minimum absolute atomic E-state index is 0.0717. The van der Waals surface area contributed by atoms with Gasteiger partial charge in [0.15, 0.2) is 0 Å². The zero-order chi connectivity index (χ0) is 15.3. The number of unbranched alkanes of at least 4 members (excludes halogenated alkanes) is 2. The summed E-state index contributed by atoms with van der Waals surface area (Å²) >= 11 is 0. The molecule has 114 valence electrons. The highest BCUT2D eigenvalue weighted by Gasteiger charge is 2.28. The molecule has 0 aliphatic carbocycles. The number of benzene rings is 1. The fourth-order valence-corrected chi connectivity index (χ4v) is 3.98. The first-order valence-corrected chi connectivity index (χ1v) is 8.62. The monoisotopic (exact) mass is 298 g/mol. The van der Waals surface area contributed by atoms with E-state index in [-0.39, 0.29) is 10.9 Å². The Morgan fingerprint density at radius 2 is 1.90 bits per heavy atom. The van der Waals surface area contributed by atoms with Crippen LogP contribution in [0, 0.1) is 6.92 Å². The van der Waals surface area contributed by atoms with Crippen LogP contribution in [0.5, 0.6) is 0 Å². The lowest BCUT2D eigenvalue weighted by atomic mass is 10.2. The minimum atomic E-state index is -3.52. The van der Waals surface area contributed by atoms with Gasteiger partial charge in [0.05, 0.1) is 5.69 Å². The van der Waals surface area contributed by atoms with Gasteiger partial charge in [-0.2, -0.15) is 4.31 Å². The molecule has 5 heteroatoms. The van der Waals surface area contributed by atoms with E-state index in [9.17, 15) is 8.42 Å². The number of nitrogen functional groups attached to an aromatic ring is 1. The molecule has 0 amide bonds. The lowest BCUT2D eigenvalue weighted by molar-refractivity contribution is 0.346. The third kappa shape index (κ3) is 3.96. The topological polar surface area (TPSA) is 63.4 Å². The van der Waals surface area contributed by atoms with Crippen molar-refractivity contribution in [2.45, 2.75) is 57.9 Å². The number of aryl methyl sites for hydroxylation is 1. The van der Waals surface area contributed by atoms with Crippen LogP contribution in [0.2, 0.25) is 0 Å². The molecular weight excluding hydrogens is 272 g/mol. The van der Waals surface area contributed by atoms with Crippen molar-refractivity contribution in [1.82, 2.24) is 4.31 Å². The van der Waals surface area contributed by atoms with E-state index in [1.807, 2.05) is 20.8 Å². The van der Waals surface area contributed by atoms with Gasteiger partial charge in [-0.15, -0.1) is 0 Å². The molecule has 4 nitrogen and oxygen atoms in total. The van der Waals surface area contributed by atoms with Gasteiger partial charge in [-0.1, -0.05) is 25.8 Å². The second-order valence-corrected chi connectivity index (χ2v) is 7.32. The van der Waals surface area contributed by atoms with Gasteiger partial charge >= 0.3 is 0 Å². The average molecular weight is 298 g/mol. The van der Waals surface area contributed by atoms with Gasteiger partial charge in [-0.3, -0.25) is 0 Å². The molecule has 0 aliphatic heterocycles. The molecule has 0 heterocycles. The molecule has 0 bridgehead atoms. The summed E-state index contributed by atoms with van der Waals surface area (Å²) in [6, 6.07) is 5.03. The number of sulfonamides is 1. The third-order valence-electron chi connectivity index (χ3n) is 3.31. The quantitative estimate of drug-likeness (QED) is 0.621. The Bertz CT molecular complexity index is 539. The number of rotatable bonds is 7. The van der Waals surface area contributed by atoms with Crippen molar-refractivity contribution in [2.75, 3.05) is 12.3 Å². The van der Waals surface area contributed by atoms with Crippen LogP contribution in [-0.2, 0) is 10.0 Å². The van der Waals surface area contributed by atoms with Crippen molar-refractivity contribution in [3.63, 3.8) is 0 Å². The standard InChI is InChI=1S/C15H26N2O2S/c1-5-6-7-10-17(12(2)3)20(18,19)15-9-8-13(4)11-14(15)16/h8-9,11-12H,5-7,10,16H2,1-4H3. The highest BCUT2D eigenvalue weighted by atomic mass is 32.2. The molecule has 0 radical (unpaired) electrons. The zero-order valence-corrected chi connectivity index (χ0v) is 13.7. The predicted octanol–water partition coefficient (Wildman–Crippen LogP) is 3.17. The van der Waals surface area contributed by atoms with Crippen molar-refractivity contribution in [1.29, 1.82) is 0 Å². The molecule has 0 saturated heterocycles. The second kappa shape index (κ2) is 7.09. The van der Waals surface area contributed by atoms with E-state index < -0.39 is 10.0 Å². The molecule has 0 saturated carbocycles. The van der Waals surface area contributed by atoms with Crippen LogP contribution < -0.4 is 5.73 Å². The number of hydrogen-bond donors (Lipinski definition) is 1. The molecule has 2 N–H and O–H groups in total. The fraction of sp³-hybridized carbons (Fsp3) is 0.600. The summed E-state index contributed by atoms with van der Waals surface area (Å²) in [5.41, 5.74) is 7.18. The average Bonchev–Trinajstić information content (AvgIpc) is 2.33. The fourth-order valence-electron chi connectivity index (χ4n) is 2.20. The van der Waals surface area contributed by atoms with Crippen LogP contribution in [0.3, 0.4) is 0 Å². The molecule has 0 unspecified atom stereocenters. The Kier molecular flexibility index (Phi) is 6.02. The smallest absolute Gasteiger partial charge is 0.245 e. The van der Waals surface area contributed by atoms with E-state index >= 15 is 0 Å². The van der Waals surface area contributed by atoms with Crippen LogP contribution in [-0.4, -0.2) is 25.3 Å². The Balaban J connectivity index is 3.09. The van der Waals surface area contributed by atoms with Crippen LogP contribution in [0.15, 0.2) is 23.1 Å². The molecule has 1 rings (SSSR count). The Morgan fingerprint density at radius 1 is 1.25 bits per heavy atom. The number of anilines is 1. The SMILES string of the molecule is CCCCCN(C(C)C)S(=O)(=O)c1ccc(C)cc1N. The molecule has 0 spiro atoms. The van der Waals surface area contributed by atoms with Gasteiger partial charge in [-0.25, -0.2) is 8.42 Å². The van der Waals surface area contributed by atoms with Gasteiger partial charge < -0.3 is 5.73 Å². The maximum atomic E-state index is 12.7. The van der Waals surface area contributed by atoms with Crippen molar-refractivity contribution >= 4 is 15.7 Å². The second-order valence-electron chi connectivity index (χ2n) is 5.46. The summed E-state index contributed by atoms with van der Waals surface area (Å²) in [4.78, 5) is 0.216. The van der Waals surface area contributed by atoms with Gasteiger partial charge in [0.25, 0.3) is 0 Å². The third-order valence-corrected chi connectivity index (χ3v) is 5.46. The van der Waals surface area contributed by atoms with E-state index in [4.69, 9.17) is 5.73 Å². The first-order valence-electron chi connectivity index (χ1n) is 7.18. The van der Waals surface area contributed by atoms with E-state index in [1.54, 1.807) is 22.5 Å². The summed E-state index contributed by atoms with van der Waals surface area (Å²) in [7, 11) is -3.52. The molecule has 0 aromatic heterocycles. The predicted molar refractivity (Wildman–Crippen MR) is 84.1 cm³/mol. The summed E-state index contributed by atoms with van der Waals surface area (Å²) in [5.74, 6) is 0. The van der Waals surface area contributed by atoms with E-state index in [0.29, 0.717) is 12.2 Å². The van der Waals surface area contributed by atoms with Gasteiger partial charge in [0.2, 0.25) is 10.0 Å². The largest absolute Gasteiger partial charge is 0.398 e.